The molecular formula is C13H14N6O. The second kappa shape index (κ2) is 4.69. The van der Waals surface area contributed by atoms with Crippen molar-refractivity contribution in [2.75, 3.05) is 11.5 Å². The van der Waals surface area contributed by atoms with Gasteiger partial charge in [-0.2, -0.15) is 4.98 Å². The van der Waals surface area contributed by atoms with Crippen molar-refractivity contribution in [3.8, 4) is 0 Å². The van der Waals surface area contributed by atoms with Crippen molar-refractivity contribution in [2.24, 2.45) is 0 Å². The first kappa shape index (κ1) is 12.2. The van der Waals surface area contributed by atoms with Crippen LogP contribution in [0, 0.1) is 0 Å². The van der Waals surface area contributed by atoms with Crippen molar-refractivity contribution in [2.45, 2.75) is 12.8 Å². The van der Waals surface area contributed by atoms with Gasteiger partial charge >= 0.3 is 0 Å². The Morgan fingerprint density at radius 1 is 1.10 bits per heavy atom. The zero-order chi connectivity index (χ0) is 14.1. The Morgan fingerprint density at radius 3 is 2.75 bits per heavy atom. The second-order valence-electron chi connectivity index (χ2n) is 4.58. The van der Waals surface area contributed by atoms with Crippen molar-refractivity contribution in [1.82, 2.24) is 19.9 Å². The first-order valence-electron chi connectivity index (χ1n) is 6.20. The normalized spacial score (nSPS) is 11.0. The van der Waals surface area contributed by atoms with Crippen LogP contribution in [-0.4, -0.2) is 19.9 Å². The average molecular weight is 270 g/mol. The van der Waals surface area contributed by atoms with E-state index in [0.717, 1.165) is 17.7 Å². The molecular weight excluding hydrogens is 256 g/mol. The van der Waals surface area contributed by atoms with Gasteiger partial charge in [0.05, 0.1) is 0 Å². The van der Waals surface area contributed by atoms with Crippen molar-refractivity contribution in [3.05, 3.63) is 46.0 Å². The fourth-order valence-electron chi connectivity index (χ4n) is 2.10. The number of aromatic nitrogens is 4. The van der Waals surface area contributed by atoms with Gasteiger partial charge in [-0.15, -0.1) is 0 Å². The molecule has 7 nitrogen and oxygen atoms in total. The van der Waals surface area contributed by atoms with Gasteiger partial charge in [-0.3, -0.25) is 9.78 Å². The van der Waals surface area contributed by atoms with Crippen LogP contribution in [0.4, 0.5) is 11.6 Å². The Morgan fingerprint density at radius 2 is 1.95 bits per heavy atom. The van der Waals surface area contributed by atoms with E-state index in [2.05, 4.69) is 19.9 Å². The van der Waals surface area contributed by atoms with E-state index in [9.17, 15) is 4.79 Å². The predicted molar refractivity (Wildman–Crippen MR) is 77.2 cm³/mol. The molecule has 0 amide bonds. The Hall–Kier alpha value is -2.83. The quantitative estimate of drug-likeness (QED) is 0.518. The minimum absolute atomic E-state index is 0.0661. The van der Waals surface area contributed by atoms with Crippen molar-refractivity contribution < 1.29 is 0 Å². The fourth-order valence-corrected chi connectivity index (χ4v) is 2.10. The van der Waals surface area contributed by atoms with Crippen molar-refractivity contribution in [1.29, 1.82) is 0 Å². The third-order valence-electron chi connectivity index (χ3n) is 3.03. The van der Waals surface area contributed by atoms with Gasteiger partial charge in [-0.1, -0.05) is 12.1 Å². The molecule has 0 aliphatic rings. The summed E-state index contributed by atoms with van der Waals surface area (Å²) in [7, 11) is 0. The Bertz CT molecular complexity index is 819. The van der Waals surface area contributed by atoms with Crippen LogP contribution < -0.4 is 17.0 Å². The largest absolute Gasteiger partial charge is 0.399 e. The summed E-state index contributed by atoms with van der Waals surface area (Å²) in [6, 6.07) is 7.68. The first-order chi connectivity index (χ1) is 9.61. The van der Waals surface area contributed by atoms with Crippen LogP contribution in [0.1, 0.15) is 11.4 Å². The molecule has 1 aromatic carbocycles. The minimum atomic E-state index is -0.310. The zero-order valence-electron chi connectivity index (χ0n) is 10.7. The molecule has 3 rings (SSSR count). The van der Waals surface area contributed by atoms with Crippen LogP contribution in [-0.2, 0) is 12.8 Å². The van der Waals surface area contributed by atoms with Crippen molar-refractivity contribution >= 4 is 22.8 Å². The lowest BCUT2D eigenvalue weighted by atomic mass is 10.1. The number of fused-ring (bicyclic) bond motifs is 1. The molecule has 3 aromatic rings. The van der Waals surface area contributed by atoms with Crippen LogP contribution >= 0.6 is 0 Å². The first-order valence-corrected chi connectivity index (χ1v) is 6.20. The molecule has 0 aliphatic carbocycles. The number of aryl methyl sites for hydroxylation is 2. The van der Waals surface area contributed by atoms with Crippen LogP contribution in [0.25, 0.3) is 11.2 Å². The number of anilines is 2. The molecule has 6 N–H and O–H groups in total. The maximum Gasteiger partial charge on any atom is 0.278 e. The summed E-state index contributed by atoms with van der Waals surface area (Å²) in [5.74, 6) is 0.766. The second-order valence-corrected chi connectivity index (χ2v) is 4.58. The molecule has 0 fully saturated rings. The fraction of sp³-hybridized carbons (Fsp3) is 0.154. The topological polar surface area (TPSA) is 126 Å². The van der Waals surface area contributed by atoms with E-state index in [4.69, 9.17) is 11.5 Å². The van der Waals surface area contributed by atoms with E-state index in [1.807, 2.05) is 24.3 Å². The number of benzene rings is 1. The number of imidazole rings is 1. The number of nitrogens with zero attached hydrogens (tertiary/aromatic N) is 2. The van der Waals surface area contributed by atoms with E-state index in [-0.39, 0.29) is 11.5 Å². The molecule has 0 atom stereocenters. The summed E-state index contributed by atoms with van der Waals surface area (Å²) >= 11 is 0. The highest BCUT2D eigenvalue weighted by molar-refractivity contribution is 5.70. The van der Waals surface area contributed by atoms with E-state index >= 15 is 0 Å². The Balaban J connectivity index is 1.85. The maximum atomic E-state index is 11.7. The smallest absolute Gasteiger partial charge is 0.278 e. The molecule has 2 aromatic heterocycles. The van der Waals surface area contributed by atoms with E-state index in [1.54, 1.807) is 0 Å². The monoisotopic (exact) mass is 270 g/mol. The minimum Gasteiger partial charge on any atom is -0.399 e. The molecule has 0 radical (unpaired) electrons. The molecule has 0 aliphatic heterocycles. The highest BCUT2D eigenvalue weighted by atomic mass is 16.1. The third-order valence-corrected chi connectivity index (χ3v) is 3.03. The van der Waals surface area contributed by atoms with Gasteiger partial charge in [0.1, 0.15) is 5.82 Å². The summed E-state index contributed by atoms with van der Waals surface area (Å²) in [4.78, 5) is 25.3. The number of aromatic amines is 2. The molecule has 0 bridgehead atoms. The molecule has 0 saturated heterocycles. The molecule has 2 heterocycles. The number of H-pyrrole nitrogens is 2. The van der Waals surface area contributed by atoms with Crippen LogP contribution in [0.15, 0.2) is 29.1 Å². The summed E-state index contributed by atoms with van der Waals surface area (Å²) < 4.78 is 0. The van der Waals surface area contributed by atoms with Crippen molar-refractivity contribution in [3.63, 3.8) is 0 Å². The van der Waals surface area contributed by atoms with Gasteiger partial charge in [-0.05, 0) is 24.1 Å². The highest BCUT2D eigenvalue weighted by Crippen LogP contribution is 2.11. The highest BCUT2D eigenvalue weighted by Gasteiger charge is 2.08. The molecule has 102 valence electrons. The van der Waals surface area contributed by atoms with Gasteiger partial charge in [0.25, 0.3) is 5.56 Å². The predicted octanol–water partition coefficient (Wildman–Crippen LogP) is 0.596. The Labute approximate surface area is 114 Å². The van der Waals surface area contributed by atoms with Crippen LogP contribution in [0.5, 0.6) is 0 Å². The number of rotatable bonds is 3. The molecule has 0 spiro atoms. The zero-order valence-corrected chi connectivity index (χ0v) is 10.7. The van der Waals surface area contributed by atoms with Gasteiger partial charge in [0.15, 0.2) is 11.2 Å². The van der Waals surface area contributed by atoms with Gasteiger partial charge in [-0.25, -0.2) is 4.98 Å². The van der Waals surface area contributed by atoms with E-state index < -0.39 is 0 Å². The lowest BCUT2D eigenvalue weighted by molar-refractivity contribution is 0.889. The summed E-state index contributed by atoms with van der Waals surface area (Å²) in [6.07, 6.45) is 1.44. The molecule has 7 heteroatoms. The summed E-state index contributed by atoms with van der Waals surface area (Å²) in [5, 5.41) is 0. The van der Waals surface area contributed by atoms with Gasteiger partial charge in [0.2, 0.25) is 5.95 Å². The number of nitrogens with two attached hydrogens (primary N) is 2. The van der Waals surface area contributed by atoms with Gasteiger partial charge < -0.3 is 16.5 Å². The standard InChI is InChI=1S/C13H14N6O/c14-8-3-1-2-7(6-8)4-5-9-16-10-11(17-9)18-13(15)19-12(10)20/h1-3,6H,4-5,14H2,(H4,15,16,17,18,19,20). The maximum absolute atomic E-state index is 11.7. The van der Waals surface area contributed by atoms with Crippen LogP contribution in [0.2, 0.25) is 0 Å². The average Bonchev–Trinajstić information content (AvgIpc) is 2.80. The number of nitrogens with one attached hydrogen (secondary N) is 2. The number of hydrogen-bond acceptors (Lipinski definition) is 5. The molecule has 20 heavy (non-hydrogen) atoms. The Kier molecular flexibility index (Phi) is 2.86. The lowest BCUT2D eigenvalue weighted by Crippen LogP contribution is -2.10. The summed E-state index contributed by atoms with van der Waals surface area (Å²) in [5.41, 5.74) is 13.4. The lowest BCUT2D eigenvalue weighted by Gasteiger charge is -2.00. The summed E-state index contributed by atoms with van der Waals surface area (Å²) in [6.45, 7) is 0. The molecule has 0 saturated carbocycles. The number of hydrogen-bond donors (Lipinski definition) is 4. The van der Waals surface area contributed by atoms with E-state index in [0.29, 0.717) is 23.4 Å². The van der Waals surface area contributed by atoms with Crippen LogP contribution in [0.3, 0.4) is 0 Å². The van der Waals surface area contributed by atoms with E-state index in [1.165, 1.54) is 0 Å². The molecule has 0 unspecified atom stereocenters. The number of nitrogen functional groups attached to an aromatic ring is 2. The SMILES string of the molecule is Nc1cccc(CCc2nc3nc(N)[nH]c(=O)c3[nH]2)c1. The van der Waals surface area contributed by atoms with Gasteiger partial charge in [0, 0.05) is 12.1 Å². The third kappa shape index (κ3) is 2.33.